The number of rotatable bonds is 8. The first-order valence-electron chi connectivity index (χ1n) is 8.88. The first kappa shape index (κ1) is 19.8. The Bertz CT molecular complexity index is 774. The molecule has 1 aromatic carbocycles. The van der Waals surface area contributed by atoms with Crippen molar-refractivity contribution >= 4 is 17.5 Å². The van der Waals surface area contributed by atoms with Gasteiger partial charge >= 0.3 is 0 Å². The van der Waals surface area contributed by atoms with Crippen LogP contribution < -0.4 is 5.32 Å². The first-order valence-corrected chi connectivity index (χ1v) is 8.88. The smallest absolute Gasteiger partial charge is 0.247 e. The Morgan fingerprint density at radius 2 is 1.81 bits per heavy atom. The third-order valence-corrected chi connectivity index (χ3v) is 4.41. The van der Waals surface area contributed by atoms with Crippen molar-refractivity contribution in [3.63, 3.8) is 0 Å². The van der Waals surface area contributed by atoms with Crippen molar-refractivity contribution in [2.24, 2.45) is 0 Å². The minimum atomic E-state index is -0.227. The summed E-state index contributed by atoms with van der Waals surface area (Å²) in [4.78, 5) is 37.9. The van der Waals surface area contributed by atoms with E-state index < -0.39 is 0 Å². The van der Waals surface area contributed by atoms with Crippen molar-refractivity contribution in [3.05, 3.63) is 58.2 Å². The minimum Gasteiger partial charge on any atom is -0.383 e. The molecular formula is C21H25NO4. The molecule has 2 rings (SSSR count). The molecule has 0 atom stereocenters. The molecular weight excluding hydrogens is 330 g/mol. The lowest BCUT2D eigenvalue weighted by atomic mass is 9.83. The van der Waals surface area contributed by atoms with Crippen LogP contribution in [0.5, 0.6) is 0 Å². The van der Waals surface area contributed by atoms with Crippen molar-refractivity contribution in [1.29, 1.82) is 0 Å². The van der Waals surface area contributed by atoms with Crippen LogP contribution in [-0.4, -0.2) is 37.7 Å². The van der Waals surface area contributed by atoms with Gasteiger partial charge in [-0.2, -0.15) is 0 Å². The monoisotopic (exact) mass is 355 g/mol. The largest absolute Gasteiger partial charge is 0.383 e. The van der Waals surface area contributed by atoms with E-state index in [9.17, 15) is 14.4 Å². The zero-order valence-corrected chi connectivity index (χ0v) is 15.6. The van der Waals surface area contributed by atoms with Crippen molar-refractivity contribution < 1.29 is 19.1 Å². The second-order valence-electron chi connectivity index (χ2n) is 6.26. The third-order valence-electron chi connectivity index (χ3n) is 4.41. The van der Waals surface area contributed by atoms with E-state index in [0.717, 1.165) is 12.8 Å². The Morgan fingerprint density at radius 1 is 1.15 bits per heavy atom. The van der Waals surface area contributed by atoms with Gasteiger partial charge in [-0.1, -0.05) is 37.6 Å². The quantitative estimate of drug-likeness (QED) is 0.574. The molecule has 0 spiro atoms. The number of carbonyl (C=O) groups excluding carboxylic acids is 3. The Morgan fingerprint density at radius 3 is 2.42 bits per heavy atom. The maximum atomic E-state index is 12.9. The molecule has 1 N–H and O–H groups in total. The van der Waals surface area contributed by atoms with Gasteiger partial charge in [0.15, 0.2) is 11.6 Å². The molecule has 0 unspecified atom stereocenters. The number of ether oxygens (including phenoxy) is 1. The second kappa shape index (κ2) is 9.25. The number of Topliss-reactive ketones (excluding diaryl/α,β-unsaturated/α-hetero) is 2. The lowest BCUT2D eigenvalue weighted by molar-refractivity contribution is -0.117. The molecule has 0 fully saturated rings. The van der Waals surface area contributed by atoms with E-state index >= 15 is 0 Å². The number of benzene rings is 1. The third kappa shape index (κ3) is 4.35. The van der Waals surface area contributed by atoms with E-state index in [-0.39, 0.29) is 17.5 Å². The molecule has 0 aliphatic heterocycles. The molecule has 1 aliphatic carbocycles. The van der Waals surface area contributed by atoms with Crippen molar-refractivity contribution in [2.75, 3.05) is 20.3 Å². The van der Waals surface area contributed by atoms with E-state index in [1.54, 1.807) is 44.4 Å². The lowest BCUT2D eigenvalue weighted by Gasteiger charge is -2.18. The number of nitrogens with one attached hydrogen (secondary N) is 1. The number of allylic oxidation sites excluding steroid dienone is 3. The van der Waals surface area contributed by atoms with Crippen LogP contribution in [0.15, 0.2) is 47.1 Å². The van der Waals surface area contributed by atoms with E-state index in [2.05, 4.69) is 5.32 Å². The van der Waals surface area contributed by atoms with Crippen LogP contribution in [0.2, 0.25) is 0 Å². The zero-order valence-electron chi connectivity index (χ0n) is 15.6. The first-order chi connectivity index (χ1) is 12.5. The summed E-state index contributed by atoms with van der Waals surface area (Å²) in [7, 11) is 1.57. The topological polar surface area (TPSA) is 72.5 Å². The average molecular weight is 355 g/mol. The van der Waals surface area contributed by atoms with Gasteiger partial charge in [-0.25, -0.2) is 0 Å². The van der Waals surface area contributed by atoms with E-state index in [1.165, 1.54) is 0 Å². The molecule has 5 nitrogen and oxygen atoms in total. The number of hydrogen-bond donors (Lipinski definition) is 1. The molecule has 1 amide bonds. The normalized spacial score (nSPS) is 14.5. The summed E-state index contributed by atoms with van der Waals surface area (Å²) in [6.45, 7) is 4.49. The highest BCUT2D eigenvalue weighted by atomic mass is 16.5. The van der Waals surface area contributed by atoms with Gasteiger partial charge in [-0.05, 0) is 25.8 Å². The summed E-state index contributed by atoms with van der Waals surface area (Å²) >= 11 is 0. The van der Waals surface area contributed by atoms with Crippen LogP contribution in [0.1, 0.15) is 53.8 Å². The molecule has 138 valence electrons. The highest BCUT2D eigenvalue weighted by Crippen LogP contribution is 2.28. The Labute approximate surface area is 154 Å². The van der Waals surface area contributed by atoms with Gasteiger partial charge in [0, 0.05) is 41.5 Å². The molecule has 1 aromatic rings. The highest BCUT2D eigenvalue weighted by molar-refractivity contribution is 6.28. The van der Waals surface area contributed by atoms with Crippen LogP contribution in [-0.2, 0) is 9.53 Å². The SMILES string of the molecule is CCCCC(=CC1=C(C)C(=O)c2ccccc2C1=O)C(=O)NCCOC. The van der Waals surface area contributed by atoms with Crippen molar-refractivity contribution in [3.8, 4) is 0 Å². The number of amides is 1. The number of hydrogen-bond acceptors (Lipinski definition) is 4. The van der Waals surface area contributed by atoms with Crippen LogP contribution in [0, 0.1) is 0 Å². The van der Waals surface area contributed by atoms with Gasteiger partial charge in [0.1, 0.15) is 0 Å². The molecule has 0 radical (unpaired) electrons. The van der Waals surface area contributed by atoms with Crippen LogP contribution in [0.3, 0.4) is 0 Å². The van der Waals surface area contributed by atoms with Crippen LogP contribution in [0.25, 0.3) is 0 Å². The fourth-order valence-corrected chi connectivity index (χ4v) is 2.87. The van der Waals surface area contributed by atoms with E-state index in [4.69, 9.17) is 4.74 Å². The predicted octanol–water partition coefficient (Wildman–Crippen LogP) is 3.26. The van der Waals surface area contributed by atoms with Crippen LogP contribution in [0.4, 0.5) is 0 Å². The van der Waals surface area contributed by atoms with Gasteiger partial charge in [0.25, 0.3) is 0 Å². The molecule has 0 bridgehead atoms. The standard InChI is InChI=1S/C21H25NO4/c1-4-5-8-15(21(25)22-11-12-26-3)13-18-14(2)19(23)16-9-6-7-10-17(16)20(18)24/h6-7,9-10,13H,4-5,8,11-12H2,1-3H3,(H,22,25). The summed E-state index contributed by atoms with van der Waals surface area (Å²) < 4.78 is 4.95. The van der Waals surface area contributed by atoms with Crippen LogP contribution >= 0.6 is 0 Å². The number of carbonyl (C=O) groups is 3. The maximum absolute atomic E-state index is 12.9. The predicted molar refractivity (Wildman–Crippen MR) is 100 cm³/mol. The van der Waals surface area contributed by atoms with Gasteiger partial charge < -0.3 is 10.1 Å². The fraction of sp³-hybridized carbons (Fsp3) is 0.381. The minimum absolute atomic E-state index is 0.166. The molecule has 0 saturated carbocycles. The summed E-state index contributed by atoms with van der Waals surface area (Å²) in [5, 5.41) is 2.79. The van der Waals surface area contributed by atoms with Crippen molar-refractivity contribution in [1.82, 2.24) is 5.32 Å². The summed E-state index contributed by atoms with van der Waals surface area (Å²) in [5.41, 5.74) is 2.02. The zero-order chi connectivity index (χ0) is 19.1. The maximum Gasteiger partial charge on any atom is 0.247 e. The Hall–Kier alpha value is -2.53. The van der Waals surface area contributed by atoms with E-state index in [0.29, 0.717) is 47.4 Å². The molecule has 0 aromatic heterocycles. The van der Waals surface area contributed by atoms with Gasteiger partial charge in [0.05, 0.1) is 6.61 Å². The molecule has 1 aliphatic rings. The average Bonchev–Trinajstić information content (AvgIpc) is 2.65. The Kier molecular flexibility index (Phi) is 7.04. The van der Waals surface area contributed by atoms with Gasteiger partial charge in [-0.15, -0.1) is 0 Å². The second-order valence-corrected chi connectivity index (χ2v) is 6.26. The summed E-state index contributed by atoms with van der Waals surface area (Å²) in [6.07, 6.45) is 3.89. The van der Waals surface area contributed by atoms with Gasteiger partial charge in [-0.3, -0.25) is 14.4 Å². The van der Waals surface area contributed by atoms with Gasteiger partial charge in [0.2, 0.25) is 5.91 Å². The molecule has 26 heavy (non-hydrogen) atoms. The number of fused-ring (bicyclic) bond motifs is 1. The Balaban J connectivity index is 2.37. The molecule has 5 heteroatoms. The van der Waals surface area contributed by atoms with Crippen molar-refractivity contribution in [2.45, 2.75) is 33.1 Å². The number of methoxy groups -OCH3 is 1. The number of unbranched alkanes of at least 4 members (excludes halogenated alkanes) is 1. The van der Waals surface area contributed by atoms with E-state index in [1.807, 2.05) is 6.92 Å². The summed E-state index contributed by atoms with van der Waals surface area (Å²) in [6, 6.07) is 6.80. The fourth-order valence-electron chi connectivity index (χ4n) is 2.87. The molecule has 0 saturated heterocycles. The number of ketones is 2. The highest BCUT2D eigenvalue weighted by Gasteiger charge is 2.29. The molecule has 0 heterocycles. The summed E-state index contributed by atoms with van der Waals surface area (Å²) in [5.74, 6) is -0.604. The lowest BCUT2D eigenvalue weighted by Crippen LogP contribution is -2.29.